The van der Waals surface area contributed by atoms with Crippen molar-refractivity contribution in [3.63, 3.8) is 0 Å². The Morgan fingerprint density at radius 1 is 1.12 bits per heavy atom. The SMILES string of the molecule is Cc1c(Cl)cccc1NC(=O)CCNS(=O)(=O)c1cccc(Cl)c1. The molecule has 2 N–H and O–H groups in total. The fraction of sp³-hybridized carbons (Fsp3) is 0.188. The van der Waals surface area contributed by atoms with Gasteiger partial charge in [0.15, 0.2) is 0 Å². The van der Waals surface area contributed by atoms with Crippen molar-refractivity contribution >= 4 is 44.8 Å². The molecule has 24 heavy (non-hydrogen) atoms. The van der Waals surface area contributed by atoms with Crippen LogP contribution < -0.4 is 10.0 Å². The molecule has 5 nitrogen and oxygen atoms in total. The van der Waals surface area contributed by atoms with Crippen molar-refractivity contribution in [2.75, 3.05) is 11.9 Å². The zero-order valence-electron chi connectivity index (χ0n) is 12.8. The van der Waals surface area contributed by atoms with E-state index in [2.05, 4.69) is 10.0 Å². The van der Waals surface area contributed by atoms with Crippen molar-refractivity contribution in [2.24, 2.45) is 0 Å². The third-order valence-electron chi connectivity index (χ3n) is 3.29. The first-order chi connectivity index (χ1) is 11.3. The van der Waals surface area contributed by atoms with E-state index in [1.807, 2.05) is 0 Å². The maximum atomic E-state index is 12.1. The number of benzene rings is 2. The molecule has 1 amide bonds. The molecule has 0 radical (unpaired) electrons. The summed E-state index contributed by atoms with van der Waals surface area (Å²) in [5, 5.41) is 3.58. The van der Waals surface area contributed by atoms with Gasteiger partial charge in [0.2, 0.25) is 15.9 Å². The Morgan fingerprint density at radius 3 is 2.54 bits per heavy atom. The predicted molar refractivity (Wildman–Crippen MR) is 96.1 cm³/mol. The Balaban J connectivity index is 1.92. The molecule has 0 heterocycles. The van der Waals surface area contributed by atoms with Crippen LogP contribution in [0.15, 0.2) is 47.4 Å². The van der Waals surface area contributed by atoms with Crippen molar-refractivity contribution in [1.82, 2.24) is 4.72 Å². The van der Waals surface area contributed by atoms with Crippen LogP contribution in [-0.2, 0) is 14.8 Å². The van der Waals surface area contributed by atoms with E-state index >= 15 is 0 Å². The van der Waals surface area contributed by atoms with E-state index in [1.54, 1.807) is 37.3 Å². The number of hydrogen-bond acceptors (Lipinski definition) is 3. The van der Waals surface area contributed by atoms with Crippen LogP contribution in [0.25, 0.3) is 0 Å². The number of rotatable bonds is 6. The summed E-state index contributed by atoms with van der Waals surface area (Å²) in [6.45, 7) is 1.76. The van der Waals surface area contributed by atoms with Crippen LogP contribution >= 0.6 is 23.2 Å². The van der Waals surface area contributed by atoms with Gasteiger partial charge in [0.1, 0.15) is 0 Å². The first kappa shape index (κ1) is 18.7. The number of sulfonamides is 1. The summed E-state index contributed by atoms with van der Waals surface area (Å²) in [7, 11) is -3.70. The number of carbonyl (C=O) groups excluding carboxylic acids is 1. The zero-order valence-corrected chi connectivity index (χ0v) is 15.2. The molecule has 0 aliphatic rings. The predicted octanol–water partition coefficient (Wildman–Crippen LogP) is 3.61. The summed E-state index contributed by atoms with van der Waals surface area (Å²) in [6, 6.07) is 11.1. The monoisotopic (exact) mass is 386 g/mol. The highest BCUT2D eigenvalue weighted by molar-refractivity contribution is 7.89. The first-order valence-corrected chi connectivity index (χ1v) is 9.34. The standard InChI is InChI=1S/C16H16Cl2N2O3S/c1-11-14(18)6-3-7-15(11)20-16(21)8-9-19-24(22,23)13-5-2-4-12(17)10-13/h2-7,10,19H,8-9H2,1H3,(H,20,21). The highest BCUT2D eigenvalue weighted by Gasteiger charge is 2.14. The van der Waals surface area contributed by atoms with Crippen LogP contribution in [0, 0.1) is 6.92 Å². The Hall–Kier alpha value is -1.60. The summed E-state index contributed by atoms with van der Waals surface area (Å²) in [5.41, 5.74) is 1.36. The number of halogens is 2. The number of carbonyl (C=O) groups is 1. The summed E-state index contributed by atoms with van der Waals surface area (Å²) in [5.74, 6) is -0.311. The third-order valence-corrected chi connectivity index (χ3v) is 5.40. The number of nitrogens with one attached hydrogen (secondary N) is 2. The van der Waals surface area contributed by atoms with Gasteiger partial charge < -0.3 is 5.32 Å². The number of anilines is 1. The minimum atomic E-state index is -3.70. The minimum absolute atomic E-state index is 0.00819. The highest BCUT2D eigenvalue weighted by Crippen LogP contribution is 2.23. The molecule has 2 rings (SSSR count). The molecule has 0 fully saturated rings. The number of amides is 1. The van der Waals surface area contributed by atoms with Crippen molar-refractivity contribution in [2.45, 2.75) is 18.2 Å². The lowest BCUT2D eigenvalue weighted by molar-refractivity contribution is -0.116. The van der Waals surface area contributed by atoms with Crippen LogP contribution in [0.4, 0.5) is 5.69 Å². The van der Waals surface area contributed by atoms with Gasteiger partial charge >= 0.3 is 0 Å². The smallest absolute Gasteiger partial charge is 0.240 e. The van der Waals surface area contributed by atoms with Crippen LogP contribution in [-0.4, -0.2) is 20.9 Å². The molecule has 0 aromatic heterocycles. The highest BCUT2D eigenvalue weighted by atomic mass is 35.5. The second kappa shape index (κ2) is 7.98. The zero-order chi connectivity index (χ0) is 17.7. The van der Waals surface area contributed by atoms with E-state index in [4.69, 9.17) is 23.2 Å². The van der Waals surface area contributed by atoms with Gasteiger partial charge in [-0.3, -0.25) is 4.79 Å². The molecule has 0 aliphatic heterocycles. The fourth-order valence-corrected chi connectivity index (χ4v) is 3.48. The summed E-state index contributed by atoms with van der Waals surface area (Å²) >= 11 is 11.8. The Morgan fingerprint density at radius 2 is 1.83 bits per heavy atom. The normalized spacial score (nSPS) is 11.3. The maximum Gasteiger partial charge on any atom is 0.240 e. The van der Waals surface area contributed by atoms with E-state index < -0.39 is 10.0 Å². The molecule has 2 aromatic rings. The van der Waals surface area contributed by atoms with Crippen LogP contribution in [0.5, 0.6) is 0 Å². The van der Waals surface area contributed by atoms with Crippen molar-refractivity contribution in [3.05, 3.63) is 58.1 Å². The first-order valence-electron chi connectivity index (χ1n) is 7.10. The summed E-state index contributed by atoms with van der Waals surface area (Å²) < 4.78 is 26.6. The molecule has 0 unspecified atom stereocenters. The number of hydrogen-bond donors (Lipinski definition) is 2. The van der Waals surface area contributed by atoms with E-state index in [0.29, 0.717) is 15.7 Å². The van der Waals surface area contributed by atoms with Crippen LogP contribution in [0.3, 0.4) is 0 Å². The molecule has 0 atom stereocenters. The molecule has 0 spiro atoms. The van der Waals surface area contributed by atoms with Gasteiger partial charge in [-0.15, -0.1) is 0 Å². The second-order valence-electron chi connectivity index (χ2n) is 5.07. The van der Waals surface area contributed by atoms with E-state index in [0.717, 1.165) is 5.56 Å². The summed E-state index contributed by atoms with van der Waals surface area (Å²) in [6.07, 6.45) is -0.00819. The van der Waals surface area contributed by atoms with Crippen LogP contribution in [0.1, 0.15) is 12.0 Å². The van der Waals surface area contributed by atoms with Gasteiger partial charge in [0.25, 0.3) is 0 Å². The molecule has 0 bridgehead atoms. The van der Waals surface area contributed by atoms with Gasteiger partial charge in [0, 0.05) is 28.7 Å². The molecule has 0 aliphatic carbocycles. The second-order valence-corrected chi connectivity index (χ2v) is 7.68. The van der Waals surface area contributed by atoms with Gasteiger partial charge in [-0.05, 0) is 42.8 Å². The van der Waals surface area contributed by atoms with E-state index in [-0.39, 0.29) is 23.8 Å². The van der Waals surface area contributed by atoms with Crippen molar-refractivity contribution < 1.29 is 13.2 Å². The van der Waals surface area contributed by atoms with E-state index in [9.17, 15) is 13.2 Å². The van der Waals surface area contributed by atoms with Gasteiger partial charge in [-0.1, -0.05) is 35.3 Å². The third kappa shape index (κ3) is 4.95. The maximum absolute atomic E-state index is 12.1. The fourth-order valence-electron chi connectivity index (χ4n) is 1.97. The van der Waals surface area contributed by atoms with Crippen LogP contribution in [0.2, 0.25) is 10.0 Å². The van der Waals surface area contributed by atoms with Crippen molar-refractivity contribution in [3.8, 4) is 0 Å². The molecule has 0 saturated heterocycles. The average molecular weight is 387 g/mol. The summed E-state index contributed by atoms with van der Waals surface area (Å²) in [4.78, 5) is 12.0. The molecule has 128 valence electrons. The minimum Gasteiger partial charge on any atom is -0.326 e. The molecular weight excluding hydrogens is 371 g/mol. The molecule has 2 aromatic carbocycles. The Kier molecular flexibility index (Phi) is 6.23. The quantitative estimate of drug-likeness (QED) is 0.795. The lowest BCUT2D eigenvalue weighted by atomic mass is 10.2. The molecule has 0 saturated carbocycles. The molecule has 8 heteroatoms. The van der Waals surface area contributed by atoms with Crippen molar-refractivity contribution in [1.29, 1.82) is 0 Å². The Labute approximate surface area is 151 Å². The largest absolute Gasteiger partial charge is 0.326 e. The average Bonchev–Trinajstić information content (AvgIpc) is 2.52. The van der Waals surface area contributed by atoms with Gasteiger partial charge in [-0.2, -0.15) is 0 Å². The lowest BCUT2D eigenvalue weighted by Gasteiger charge is -2.10. The topological polar surface area (TPSA) is 75.3 Å². The van der Waals surface area contributed by atoms with Gasteiger partial charge in [0.05, 0.1) is 4.90 Å². The van der Waals surface area contributed by atoms with E-state index in [1.165, 1.54) is 12.1 Å². The van der Waals surface area contributed by atoms with Gasteiger partial charge in [-0.25, -0.2) is 13.1 Å². The Bertz CT molecular complexity index is 854. The lowest BCUT2D eigenvalue weighted by Crippen LogP contribution is -2.28. The molecular formula is C16H16Cl2N2O3S.